The van der Waals surface area contributed by atoms with Gasteiger partial charge in [-0.15, -0.1) is 0 Å². The van der Waals surface area contributed by atoms with Gasteiger partial charge in [-0.05, 0) is 56.3 Å². The fourth-order valence-electron chi connectivity index (χ4n) is 3.12. The number of sulfonamides is 1. The summed E-state index contributed by atoms with van der Waals surface area (Å²) in [5.74, 6) is -0.231. The van der Waals surface area contributed by atoms with Gasteiger partial charge < -0.3 is 10.1 Å². The Kier molecular flexibility index (Phi) is 7.38. The molecule has 0 aromatic heterocycles. The fourth-order valence-corrected chi connectivity index (χ4v) is 4.20. The van der Waals surface area contributed by atoms with Crippen molar-refractivity contribution < 1.29 is 17.9 Å². The first kappa shape index (κ1) is 21.4. The number of carbonyl (C=O) groups excluding carboxylic acids is 1. The molecule has 0 spiro atoms. The van der Waals surface area contributed by atoms with Crippen LogP contribution in [-0.4, -0.2) is 58.6 Å². The van der Waals surface area contributed by atoms with E-state index in [1.165, 1.54) is 12.1 Å². The molecular weight excluding hydrogens is 390 g/mol. The van der Waals surface area contributed by atoms with Crippen LogP contribution >= 0.6 is 0 Å². The Bertz CT molecular complexity index is 923. The van der Waals surface area contributed by atoms with Gasteiger partial charge in [-0.3, -0.25) is 9.69 Å². The molecule has 0 saturated carbocycles. The Hall–Kier alpha value is -2.26. The molecule has 156 valence electrons. The summed E-state index contributed by atoms with van der Waals surface area (Å²) in [4.78, 5) is 14.7. The zero-order chi connectivity index (χ0) is 20.7. The van der Waals surface area contributed by atoms with Crippen LogP contribution in [0.3, 0.4) is 0 Å². The second-order valence-electron chi connectivity index (χ2n) is 7.05. The average molecular weight is 418 g/mol. The number of hydrogen-bond donors (Lipinski definition) is 2. The molecule has 0 atom stereocenters. The van der Waals surface area contributed by atoms with Crippen LogP contribution in [0.25, 0.3) is 0 Å². The fraction of sp³-hybridized carbons (Fsp3) is 0.381. The van der Waals surface area contributed by atoms with Crippen molar-refractivity contribution in [3.63, 3.8) is 0 Å². The smallest absolute Gasteiger partial charge is 0.255 e. The molecule has 1 aliphatic rings. The van der Waals surface area contributed by atoms with Crippen molar-refractivity contribution in [3.8, 4) is 0 Å². The molecular formula is C21H27N3O4S. The highest BCUT2D eigenvalue weighted by molar-refractivity contribution is 7.89. The van der Waals surface area contributed by atoms with E-state index < -0.39 is 10.0 Å². The number of rotatable bonds is 8. The average Bonchev–Trinajstić information content (AvgIpc) is 2.72. The summed E-state index contributed by atoms with van der Waals surface area (Å²) in [7, 11) is -3.57. The van der Waals surface area contributed by atoms with Crippen LogP contribution in [0.4, 0.5) is 5.69 Å². The van der Waals surface area contributed by atoms with E-state index in [4.69, 9.17) is 4.74 Å². The lowest BCUT2D eigenvalue weighted by Crippen LogP contribution is -2.38. The molecule has 2 N–H and O–H groups in total. The van der Waals surface area contributed by atoms with E-state index in [0.29, 0.717) is 17.8 Å². The number of benzene rings is 2. The maximum Gasteiger partial charge on any atom is 0.255 e. The molecule has 1 aliphatic heterocycles. The zero-order valence-electron chi connectivity index (χ0n) is 16.6. The Morgan fingerprint density at radius 3 is 2.52 bits per heavy atom. The van der Waals surface area contributed by atoms with Crippen molar-refractivity contribution >= 4 is 21.6 Å². The van der Waals surface area contributed by atoms with E-state index in [2.05, 4.69) is 14.9 Å². The van der Waals surface area contributed by atoms with Crippen LogP contribution in [0, 0.1) is 6.92 Å². The van der Waals surface area contributed by atoms with Crippen molar-refractivity contribution in [1.29, 1.82) is 0 Å². The van der Waals surface area contributed by atoms with Gasteiger partial charge in [-0.1, -0.05) is 17.7 Å². The van der Waals surface area contributed by atoms with Crippen LogP contribution in [-0.2, 0) is 14.8 Å². The van der Waals surface area contributed by atoms with E-state index in [1.54, 1.807) is 24.3 Å². The van der Waals surface area contributed by atoms with Crippen LogP contribution in [0.1, 0.15) is 22.3 Å². The van der Waals surface area contributed by atoms with E-state index in [9.17, 15) is 13.2 Å². The third-order valence-corrected chi connectivity index (χ3v) is 6.23. The Balaban J connectivity index is 1.50. The first-order valence-electron chi connectivity index (χ1n) is 9.72. The minimum absolute atomic E-state index is 0.178. The highest BCUT2D eigenvalue weighted by Crippen LogP contribution is 2.15. The second-order valence-corrected chi connectivity index (χ2v) is 8.82. The summed E-state index contributed by atoms with van der Waals surface area (Å²) in [5, 5.41) is 2.78. The first-order valence-corrected chi connectivity index (χ1v) is 11.2. The van der Waals surface area contributed by atoms with Crippen LogP contribution in [0.5, 0.6) is 0 Å². The van der Waals surface area contributed by atoms with Gasteiger partial charge in [0.05, 0.1) is 18.1 Å². The van der Waals surface area contributed by atoms with E-state index in [-0.39, 0.29) is 10.8 Å². The predicted octanol–water partition coefficient (Wildman–Crippen LogP) is 2.25. The molecule has 8 heteroatoms. The van der Waals surface area contributed by atoms with E-state index in [1.807, 2.05) is 19.1 Å². The molecule has 0 radical (unpaired) electrons. The quantitative estimate of drug-likeness (QED) is 0.643. The summed E-state index contributed by atoms with van der Waals surface area (Å²) in [5.41, 5.74) is 2.10. The monoisotopic (exact) mass is 417 g/mol. The minimum Gasteiger partial charge on any atom is -0.379 e. The Labute approximate surface area is 172 Å². The predicted molar refractivity (Wildman–Crippen MR) is 113 cm³/mol. The molecule has 1 saturated heterocycles. The molecule has 7 nitrogen and oxygen atoms in total. The van der Waals surface area contributed by atoms with Crippen molar-refractivity contribution in [2.75, 3.05) is 44.7 Å². The molecule has 3 rings (SSSR count). The van der Waals surface area contributed by atoms with Crippen molar-refractivity contribution in [3.05, 3.63) is 59.7 Å². The van der Waals surface area contributed by atoms with Gasteiger partial charge in [0.25, 0.3) is 5.91 Å². The molecule has 2 aromatic rings. The number of anilines is 1. The third-order valence-electron chi connectivity index (χ3n) is 4.75. The number of aryl methyl sites for hydroxylation is 1. The molecule has 1 heterocycles. The maximum absolute atomic E-state index is 12.4. The lowest BCUT2D eigenvalue weighted by atomic mass is 10.1. The summed E-state index contributed by atoms with van der Waals surface area (Å²) < 4.78 is 32.8. The zero-order valence-corrected chi connectivity index (χ0v) is 17.4. The number of carbonyl (C=O) groups is 1. The summed E-state index contributed by atoms with van der Waals surface area (Å²) >= 11 is 0. The van der Waals surface area contributed by atoms with Crippen LogP contribution < -0.4 is 10.0 Å². The highest BCUT2D eigenvalue weighted by atomic mass is 32.2. The van der Waals surface area contributed by atoms with Crippen molar-refractivity contribution in [1.82, 2.24) is 9.62 Å². The van der Waals surface area contributed by atoms with Gasteiger partial charge in [-0.2, -0.15) is 0 Å². The number of nitrogens with zero attached hydrogens (tertiary/aromatic N) is 1. The van der Waals surface area contributed by atoms with E-state index >= 15 is 0 Å². The molecule has 0 bridgehead atoms. The number of ether oxygens (including phenoxy) is 1. The number of amides is 1. The molecule has 1 amide bonds. The number of nitrogens with one attached hydrogen (secondary N) is 2. The highest BCUT2D eigenvalue weighted by Gasteiger charge is 2.15. The number of hydrogen-bond acceptors (Lipinski definition) is 5. The summed E-state index contributed by atoms with van der Waals surface area (Å²) in [6.45, 7) is 6.40. The van der Waals surface area contributed by atoms with Gasteiger partial charge in [0.2, 0.25) is 10.0 Å². The van der Waals surface area contributed by atoms with Gasteiger partial charge in [0.15, 0.2) is 0 Å². The standard InChI is InChI=1S/C21H27N3O4S/c1-17-4-2-5-18(16-17)21(25)23-19-6-8-20(9-7-19)29(26,27)22-10-3-11-24-12-14-28-15-13-24/h2,4-9,16,22H,3,10-15H2,1H3,(H,23,25). The maximum atomic E-state index is 12.4. The van der Waals surface area contributed by atoms with Crippen LogP contribution in [0.15, 0.2) is 53.4 Å². The molecule has 29 heavy (non-hydrogen) atoms. The summed E-state index contributed by atoms with van der Waals surface area (Å²) in [6.07, 6.45) is 0.740. The lowest BCUT2D eigenvalue weighted by Gasteiger charge is -2.26. The minimum atomic E-state index is -3.57. The topological polar surface area (TPSA) is 87.7 Å². The largest absolute Gasteiger partial charge is 0.379 e. The lowest BCUT2D eigenvalue weighted by molar-refractivity contribution is 0.0376. The Morgan fingerprint density at radius 2 is 1.83 bits per heavy atom. The van der Waals surface area contributed by atoms with Crippen molar-refractivity contribution in [2.45, 2.75) is 18.2 Å². The van der Waals surface area contributed by atoms with Gasteiger partial charge >= 0.3 is 0 Å². The first-order chi connectivity index (χ1) is 13.9. The normalized spacial score (nSPS) is 15.2. The van der Waals surface area contributed by atoms with Gasteiger partial charge in [0.1, 0.15) is 0 Å². The second kappa shape index (κ2) is 9.98. The van der Waals surface area contributed by atoms with E-state index in [0.717, 1.165) is 44.8 Å². The molecule has 0 unspecified atom stereocenters. The SMILES string of the molecule is Cc1cccc(C(=O)Nc2ccc(S(=O)(=O)NCCCN3CCOCC3)cc2)c1. The molecule has 0 aliphatic carbocycles. The van der Waals surface area contributed by atoms with Gasteiger partial charge in [-0.25, -0.2) is 13.1 Å². The third kappa shape index (κ3) is 6.37. The molecule has 1 fully saturated rings. The summed E-state index contributed by atoms with van der Waals surface area (Å²) in [6, 6.07) is 13.5. The molecule has 2 aromatic carbocycles. The number of morpholine rings is 1. The van der Waals surface area contributed by atoms with Gasteiger partial charge in [0, 0.05) is 30.9 Å². The van der Waals surface area contributed by atoms with Crippen LogP contribution in [0.2, 0.25) is 0 Å². The van der Waals surface area contributed by atoms with Crippen molar-refractivity contribution in [2.24, 2.45) is 0 Å². The Morgan fingerprint density at radius 1 is 1.10 bits per heavy atom.